The number of carbonyl (C=O) groups is 1. The van der Waals surface area contributed by atoms with E-state index in [0.717, 1.165) is 6.42 Å². The van der Waals surface area contributed by atoms with Gasteiger partial charge in [0.05, 0.1) is 11.6 Å². The number of nitriles is 1. The summed E-state index contributed by atoms with van der Waals surface area (Å²) in [7, 11) is 0. The first-order valence-corrected chi connectivity index (χ1v) is 5.61. The molecule has 0 aliphatic rings. The summed E-state index contributed by atoms with van der Waals surface area (Å²) in [5.41, 5.74) is 0.967. The van der Waals surface area contributed by atoms with Gasteiger partial charge in [0.15, 0.2) is 0 Å². The molecule has 0 heterocycles. The fourth-order valence-electron chi connectivity index (χ4n) is 1.25. The third-order valence-corrected chi connectivity index (χ3v) is 2.64. The molecule has 0 saturated heterocycles. The monoisotopic (exact) mass is 236 g/mol. The highest BCUT2D eigenvalue weighted by atomic mass is 35.5. The summed E-state index contributed by atoms with van der Waals surface area (Å²) < 4.78 is 0. The van der Waals surface area contributed by atoms with Crippen LogP contribution in [0, 0.1) is 11.3 Å². The van der Waals surface area contributed by atoms with Gasteiger partial charge in [0, 0.05) is 17.5 Å². The number of carbonyl (C=O) groups excluding carboxylic acids is 1. The molecule has 0 aliphatic carbocycles. The van der Waals surface area contributed by atoms with Crippen LogP contribution >= 0.6 is 11.6 Å². The van der Waals surface area contributed by atoms with Crippen LogP contribution in [-0.2, 0) is 0 Å². The van der Waals surface area contributed by atoms with Gasteiger partial charge in [-0.1, -0.05) is 13.0 Å². The first-order valence-electron chi connectivity index (χ1n) is 5.08. The number of benzene rings is 1. The van der Waals surface area contributed by atoms with E-state index >= 15 is 0 Å². The lowest BCUT2D eigenvalue weighted by Gasteiger charge is -2.13. The molecule has 0 fully saturated rings. The van der Waals surface area contributed by atoms with E-state index in [0.29, 0.717) is 17.0 Å². The van der Waals surface area contributed by atoms with Crippen LogP contribution in [0.5, 0.6) is 0 Å². The zero-order chi connectivity index (χ0) is 12.0. The smallest absolute Gasteiger partial charge is 0.251 e. The van der Waals surface area contributed by atoms with Gasteiger partial charge in [-0.05, 0) is 24.6 Å². The predicted octanol–water partition coefficient (Wildman–Crippen LogP) is 2.31. The Morgan fingerprint density at radius 1 is 1.62 bits per heavy atom. The van der Waals surface area contributed by atoms with Crippen LogP contribution in [-0.4, -0.2) is 17.8 Å². The maximum Gasteiger partial charge on any atom is 0.251 e. The SMILES string of the molecule is CCC(CCl)NC(=O)c1cccc(C#N)c1. The molecule has 16 heavy (non-hydrogen) atoms. The minimum absolute atomic E-state index is 0.0279. The van der Waals surface area contributed by atoms with Gasteiger partial charge in [-0.3, -0.25) is 4.79 Å². The zero-order valence-electron chi connectivity index (χ0n) is 9.03. The van der Waals surface area contributed by atoms with Crippen LogP contribution in [0.25, 0.3) is 0 Å². The molecule has 0 saturated carbocycles. The van der Waals surface area contributed by atoms with Crippen LogP contribution in [0.2, 0.25) is 0 Å². The standard InChI is InChI=1S/C12H13ClN2O/c1-2-11(7-13)15-12(16)10-5-3-4-9(6-10)8-14/h3-6,11H,2,7H2,1H3,(H,15,16). The summed E-state index contributed by atoms with van der Waals surface area (Å²) >= 11 is 5.69. The summed E-state index contributed by atoms with van der Waals surface area (Å²) in [6.07, 6.45) is 0.785. The third-order valence-electron chi connectivity index (χ3n) is 2.27. The third kappa shape index (κ3) is 3.25. The largest absolute Gasteiger partial charge is 0.348 e. The van der Waals surface area contributed by atoms with E-state index in [9.17, 15) is 4.79 Å². The lowest BCUT2D eigenvalue weighted by atomic mass is 10.1. The highest BCUT2D eigenvalue weighted by Gasteiger charge is 2.11. The summed E-state index contributed by atoms with van der Waals surface area (Å²) in [5.74, 6) is 0.199. The maximum atomic E-state index is 11.8. The van der Waals surface area contributed by atoms with Crippen molar-refractivity contribution in [1.29, 1.82) is 5.26 Å². The average Bonchev–Trinajstić information content (AvgIpc) is 2.35. The minimum atomic E-state index is -0.190. The zero-order valence-corrected chi connectivity index (χ0v) is 9.79. The van der Waals surface area contributed by atoms with Crippen LogP contribution in [0.3, 0.4) is 0 Å². The van der Waals surface area contributed by atoms with Crippen molar-refractivity contribution >= 4 is 17.5 Å². The van der Waals surface area contributed by atoms with Crippen molar-refractivity contribution < 1.29 is 4.79 Å². The second kappa shape index (κ2) is 6.14. The van der Waals surface area contributed by atoms with E-state index in [2.05, 4.69) is 5.32 Å². The molecule has 0 aromatic heterocycles. The lowest BCUT2D eigenvalue weighted by Crippen LogP contribution is -2.35. The Hall–Kier alpha value is -1.53. The van der Waals surface area contributed by atoms with Crippen molar-refractivity contribution in [3.05, 3.63) is 35.4 Å². The summed E-state index contributed by atoms with van der Waals surface area (Å²) in [6, 6.07) is 8.56. The number of hydrogen-bond donors (Lipinski definition) is 1. The highest BCUT2D eigenvalue weighted by molar-refractivity contribution is 6.18. The second-order valence-corrected chi connectivity index (χ2v) is 3.73. The summed E-state index contributed by atoms with van der Waals surface area (Å²) in [4.78, 5) is 11.8. The molecule has 1 atom stereocenters. The Morgan fingerprint density at radius 2 is 2.38 bits per heavy atom. The Morgan fingerprint density at radius 3 is 2.94 bits per heavy atom. The van der Waals surface area contributed by atoms with Crippen molar-refractivity contribution in [3.8, 4) is 6.07 Å². The molecule has 0 bridgehead atoms. The molecule has 1 aromatic carbocycles. The van der Waals surface area contributed by atoms with E-state index in [1.165, 1.54) is 0 Å². The quantitative estimate of drug-likeness (QED) is 0.816. The van der Waals surface area contributed by atoms with Crippen LogP contribution in [0.1, 0.15) is 29.3 Å². The van der Waals surface area contributed by atoms with Crippen molar-refractivity contribution in [2.24, 2.45) is 0 Å². The summed E-state index contributed by atoms with van der Waals surface area (Å²) in [6.45, 7) is 1.96. The van der Waals surface area contributed by atoms with E-state index in [-0.39, 0.29) is 11.9 Å². The average molecular weight is 237 g/mol. The van der Waals surface area contributed by atoms with Crippen molar-refractivity contribution in [2.45, 2.75) is 19.4 Å². The number of nitrogens with zero attached hydrogens (tertiary/aromatic N) is 1. The molecule has 0 aliphatic heterocycles. The van der Waals surface area contributed by atoms with Crippen molar-refractivity contribution in [2.75, 3.05) is 5.88 Å². The normalized spacial score (nSPS) is 11.6. The molecule has 1 amide bonds. The molecule has 0 spiro atoms. The fraction of sp³-hybridized carbons (Fsp3) is 0.333. The first kappa shape index (κ1) is 12.5. The Balaban J connectivity index is 2.77. The van der Waals surface area contributed by atoms with Crippen molar-refractivity contribution in [3.63, 3.8) is 0 Å². The van der Waals surface area contributed by atoms with Gasteiger partial charge < -0.3 is 5.32 Å². The molecule has 1 unspecified atom stereocenters. The Labute approximate surface area is 100 Å². The van der Waals surface area contributed by atoms with Gasteiger partial charge in [0.1, 0.15) is 0 Å². The Kier molecular flexibility index (Phi) is 4.81. The van der Waals surface area contributed by atoms with Crippen LogP contribution in [0.15, 0.2) is 24.3 Å². The molecular formula is C12H13ClN2O. The van der Waals surface area contributed by atoms with E-state index in [1.54, 1.807) is 24.3 Å². The number of halogens is 1. The van der Waals surface area contributed by atoms with E-state index in [1.807, 2.05) is 13.0 Å². The second-order valence-electron chi connectivity index (χ2n) is 3.43. The van der Waals surface area contributed by atoms with Gasteiger partial charge in [-0.15, -0.1) is 11.6 Å². The molecular weight excluding hydrogens is 224 g/mol. The van der Waals surface area contributed by atoms with Gasteiger partial charge >= 0.3 is 0 Å². The Bertz CT molecular complexity index is 408. The number of hydrogen-bond acceptors (Lipinski definition) is 2. The lowest BCUT2D eigenvalue weighted by molar-refractivity contribution is 0.0939. The number of alkyl halides is 1. The van der Waals surface area contributed by atoms with Crippen LogP contribution in [0.4, 0.5) is 0 Å². The maximum absolute atomic E-state index is 11.8. The molecule has 1 aromatic rings. The van der Waals surface area contributed by atoms with Gasteiger partial charge in [0.2, 0.25) is 0 Å². The molecule has 3 nitrogen and oxygen atoms in total. The number of amides is 1. The first-order chi connectivity index (χ1) is 7.71. The topological polar surface area (TPSA) is 52.9 Å². The summed E-state index contributed by atoms with van der Waals surface area (Å²) in [5, 5.41) is 11.5. The molecule has 1 N–H and O–H groups in total. The van der Waals surface area contributed by atoms with Crippen molar-refractivity contribution in [1.82, 2.24) is 5.32 Å². The van der Waals surface area contributed by atoms with E-state index in [4.69, 9.17) is 16.9 Å². The fourth-order valence-corrected chi connectivity index (χ4v) is 1.54. The minimum Gasteiger partial charge on any atom is -0.348 e. The molecule has 84 valence electrons. The van der Waals surface area contributed by atoms with E-state index < -0.39 is 0 Å². The van der Waals surface area contributed by atoms with Gasteiger partial charge in [-0.2, -0.15) is 5.26 Å². The van der Waals surface area contributed by atoms with Gasteiger partial charge in [-0.25, -0.2) is 0 Å². The molecule has 4 heteroatoms. The molecule has 1 rings (SSSR count). The van der Waals surface area contributed by atoms with Crippen LogP contribution < -0.4 is 5.32 Å². The molecule has 0 radical (unpaired) electrons. The number of nitrogens with one attached hydrogen (secondary N) is 1. The number of rotatable bonds is 4. The van der Waals surface area contributed by atoms with Gasteiger partial charge in [0.25, 0.3) is 5.91 Å². The predicted molar refractivity (Wildman–Crippen MR) is 63.4 cm³/mol. The highest BCUT2D eigenvalue weighted by Crippen LogP contribution is 2.05.